The number of nitrogens with zero attached hydrogens (tertiary/aromatic N) is 4. The Hall–Kier alpha value is -3.20. The lowest BCUT2D eigenvalue weighted by molar-refractivity contribution is -0.383. The second-order valence-corrected chi connectivity index (χ2v) is 7.43. The van der Waals surface area contributed by atoms with E-state index in [1.165, 1.54) is 23.9 Å². The third-order valence-electron chi connectivity index (χ3n) is 4.10. The van der Waals surface area contributed by atoms with Gasteiger partial charge < -0.3 is 9.88 Å². The lowest BCUT2D eigenvalue weighted by Gasteiger charge is -2.13. The molecule has 1 aromatic heterocycles. The lowest BCUT2D eigenvalue weighted by atomic mass is 10.2. The van der Waals surface area contributed by atoms with Gasteiger partial charge in [0.05, 0.1) is 16.7 Å². The minimum absolute atomic E-state index is 0.142. The number of nitro benzene ring substituents is 1. The predicted octanol–water partition coefficient (Wildman–Crippen LogP) is 3.66. The number of aryl methyl sites for hydroxylation is 1. The molecule has 0 aliphatic carbocycles. The van der Waals surface area contributed by atoms with Crippen LogP contribution < -0.4 is 5.32 Å². The van der Waals surface area contributed by atoms with Gasteiger partial charge in [0.2, 0.25) is 5.91 Å². The molecule has 9 heteroatoms. The first-order valence-corrected chi connectivity index (χ1v) is 9.48. The SMILES string of the molecule is Cc1nnc(S[C@H](C)C(=O)Nc2ccccc2[N+](=O)[O-])n1Cc1ccccc1. The number of carbonyl (C=O) groups excluding carboxylic acids is 1. The first-order valence-electron chi connectivity index (χ1n) is 8.60. The molecule has 0 bridgehead atoms. The topological polar surface area (TPSA) is 103 Å². The molecule has 3 aromatic rings. The van der Waals surface area contributed by atoms with Crippen LogP contribution in [0.25, 0.3) is 0 Å². The molecule has 144 valence electrons. The molecule has 0 aliphatic heterocycles. The Kier molecular flexibility index (Phi) is 6.05. The summed E-state index contributed by atoms with van der Waals surface area (Å²) in [7, 11) is 0. The maximum atomic E-state index is 12.6. The summed E-state index contributed by atoms with van der Waals surface area (Å²) < 4.78 is 1.94. The van der Waals surface area contributed by atoms with Crippen molar-refractivity contribution in [1.29, 1.82) is 0 Å². The Morgan fingerprint density at radius 1 is 1.18 bits per heavy atom. The van der Waals surface area contributed by atoms with E-state index in [1.54, 1.807) is 19.1 Å². The zero-order valence-electron chi connectivity index (χ0n) is 15.4. The Morgan fingerprint density at radius 3 is 2.57 bits per heavy atom. The number of benzene rings is 2. The molecule has 0 aliphatic rings. The van der Waals surface area contributed by atoms with Crippen LogP contribution >= 0.6 is 11.8 Å². The van der Waals surface area contributed by atoms with Crippen LogP contribution in [0.2, 0.25) is 0 Å². The molecular formula is C19H19N5O3S. The lowest BCUT2D eigenvalue weighted by Crippen LogP contribution is -2.23. The molecule has 0 fully saturated rings. The number of rotatable bonds is 7. The number of aromatic nitrogens is 3. The molecule has 0 saturated carbocycles. The van der Waals surface area contributed by atoms with Crippen molar-refractivity contribution in [3.8, 4) is 0 Å². The van der Waals surface area contributed by atoms with Gasteiger partial charge in [0.1, 0.15) is 11.5 Å². The van der Waals surface area contributed by atoms with Gasteiger partial charge in [-0.1, -0.05) is 54.2 Å². The van der Waals surface area contributed by atoms with E-state index < -0.39 is 10.2 Å². The standard InChI is InChI=1S/C19H19N5O3S/c1-13(18(25)20-16-10-6-7-11-17(16)24(26)27)28-19-22-21-14(2)23(19)12-15-8-4-3-5-9-15/h3-11,13H,12H2,1-2H3,(H,20,25)/t13-/m1/s1. The van der Waals surface area contributed by atoms with Crippen molar-refractivity contribution in [3.63, 3.8) is 0 Å². The molecule has 1 atom stereocenters. The molecule has 3 rings (SSSR count). The van der Waals surface area contributed by atoms with E-state index in [0.717, 1.165) is 11.4 Å². The molecule has 0 saturated heterocycles. The summed E-state index contributed by atoms with van der Waals surface area (Å²) in [6.45, 7) is 4.18. The van der Waals surface area contributed by atoms with Gasteiger partial charge in [0.15, 0.2) is 5.16 Å². The number of amides is 1. The van der Waals surface area contributed by atoms with E-state index in [1.807, 2.05) is 41.8 Å². The van der Waals surface area contributed by atoms with Crippen LogP contribution in [0.4, 0.5) is 11.4 Å². The molecule has 1 heterocycles. The van der Waals surface area contributed by atoms with Crippen LogP contribution in [0.5, 0.6) is 0 Å². The van der Waals surface area contributed by atoms with Gasteiger partial charge >= 0.3 is 0 Å². The number of carbonyl (C=O) groups is 1. The van der Waals surface area contributed by atoms with Crippen molar-refractivity contribution in [2.24, 2.45) is 0 Å². The first kappa shape index (κ1) is 19.6. The zero-order chi connectivity index (χ0) is 20.1. The van der Waals surface area contributed by atoms with E-state index in [4.69, 9.17) is 0 Å². The van der Waals surface area contributed by atoms with E-state index in [2.05, 4.69) is 15.5 Å². The van der Waals surface area contributed by atoms with Crippen molar-refractivity contribution < 1.29 is 9.72 Å². The summed E-state index contributed by atoms with van der Waals surface area (Å²) in [6, 6.07) is 16.0. The van der Waals surface area contributed by atoms with Crippen molar-refractivity contribution in [2.75, 3.05) is 5.32 Å². The summed E-state index contributed by atoms with van der Waals surface area (Å²) in [5.41, 5.74) is 1.13. The van der Waals surface area contributed by atoms with Crippen LogP contribution in [0.3, 0.4) is 0 Å². The number of para-hydroxylation sites is 2. The van der Waals surface area contributed by atoms with E-state index >= 15 is 0 Å². The summed E-state index contributed by atoms with van der Waals surface area (Å²) in [5, 5.41) is 22.1. The monoisotopic (exact) mass is 397 g/mol. The normalized spacial score (nSPS) is 11.8. The maximum absolute atomic E-state index is 12.6. The van der Waals surface area contributed by atoms with E-state index in [-0.39, 0.29) is 17.3 Å². The highest BCUT2D eigenvalue weighted by atomic mass is 32.2. The molecule has 0 unspecified atom stereocenters. The highest BCUT2D eigenvalue weighted by Crippen LogP contribution is 2.27. The van der Waals surface area contributed by atoms with Crippen molar-refractivity contribution >= 4 is 29.0 Å². The van der Waals surface area contributed by atoms with Gasteiger partial charge in [-0.2, -0.15) is 0 Å². The number of nitrogens with one attached hydrogen (secondary N) is 1. The third-order valence-corrected chi connectivity index (χ3v) is 5.18. The van der Waals surface area contributed by atoms with Crippen molar-refractivity contribution in [3.05, 3.63) is 76.1 Å². The molecule has 1 N–H and O–H groups in total. The Morgan fingerprint density at radius 2 is 1.86 bits per heavy atom. The number of nitro groups is 1. The number of hydrogen-bond donors (Lipinski definition) is 1. The number of hydrogen-bond acceptors (Lipinski definition) is 6. The van der Waals surface area contributed by atoms with Crippen LogP contribution in [0.15, 0.2) is 59.8 Å². The minimum atomic E-state index is -0.521. The Balaban J connectivity index is 1.72. The summed E-state index contributed by atoms with van der Waals surface area (Å²) >= 11 is 1.26. The van der Waals surface area contributed by atoms with Crippen LogP contribution in [0.1, 0.15) is 18.3 Å². The molecule has 2 aromatic carbocycles. The highest BCUT2D eigenvalue weighted by Gasteiger charge is 2.22. The fourth-order valence-corrected chi connectivity index (χ4v) is 3.48. The van der Waals surface area contributed by atoms with Gasteiger partial charge in [0, 0.05) is 6.07 Å². The average molecular weight is 397 g/mol. The van der Waals surface area contributed by atoms with E-state index in [0.29, 0.717) is 11.7 Å². The van der Waals surface area contributed by atoms with Crippen LogP contribution in [0, 0.1) is 17.0 Å². The van der Waals surface area contributed by atoms with E-state index in [9.17, 15) is 14.9 Å². The van der Waals surface area contributed by atoms with Gasteiger partial charge in [-0.15, -0.1) is 10.2 Å². The van der Waals surface area contributed by atoms with Gasteiger partial charge in [0.25, 0.3) is 5.69 Å². The second-order valence-electron chi connectivity index (χ2n) is 6.13. The summed E-state index contributed by atoms with van der Waals surface area (Å²) in [5.74, 6) is 0.406. The summed E-state index contributed by atoms with van der Waals surface area (Å²) in [6.07, 6.45) is 0. The second kappa shape index (κ2) is 8.66. The van der Waals surface area contributed by atoms with Gasteiger partial charge in [-0.05, 0) is 25.5 Å². The quantitative estimate of drug-likeness (QED) is 0.371. The smallest absolute Gasteiger partial charge is 0.292 e. The molecular weight excluding hydrogens is 378 g/mol. The maximum Gasteiger partial charge on any atom is 0.292 e. The van der Waals surface area contributed by atoms with Gasteiger partial charge in [-0.25, -0.2) is 0 Å². The number of anilines is 1. The molecule has 1 amide bonds. The molecule has 28 heavy (non-hydrogen) atoms. The predicted molar refractivity (Wildman–Crippen MR) is 107 cm³/mol. The van der Waals surface area contributed by atoms with Gasteiger partial charge in [-0.3, -0.25) is 14.9 Å². The van der Waals surface area contributed by atoms with Crippen molar-refractivity contribution in [2.45, 2.75) is 30.8 Å². The fraction of sp³-hybridized carbons (Fsp3) is 0.211. The molecule has 8 nitrogen and oxygen atoms in total. The molecule has 0 radical (unpaired) electrons. The Labute approximate surface area is 166 Å². The first-order chi connectivity index (χ1) is 13.5. The summed E-state index contributed by atoms with van der Waals surface area (Å²) in [4.78, 5) is 23.1. The highest BCUT2D eigenvalue weighted by molar-refractivity contribution is 8.00. The third kappa shape index (κ3) is 4.55. The molecule has 0 spiro atoms. The number of thioether (sulfide) groups is 1. The van der Waals surface area contributed by atoms with Crippen LogP contribution in [-0.2, 0) is 11.3 Å². The van der Waals surface area contributed by atoms with Crippen molar-refractivity contribution in [1.82, 2.24) is 14.8 Å². The largest absolute Gasteiger partial charge is 0.319 e. The Bertz CT molecular complexity index is 990. The average Bonchev–Trinajstić information content (AvgIpc) is 3.02. The minimum Gasteiger partial charge on any atom is -0.319 e. The van der Waals surface area contributed by atoms with Crippen LogP contribution in [-0.4, -0.2) is 30.8 Å². The fourth-order valence-electron chi connectivity index (χ4n) is 2.58. The zero-order valence-corrected chi connectivity index (χ0v) is 16.2.